The van der Waals surface area contributed by atoms with Gasteiger partial charge in [-0.1, -0.05) is 11.6 Å². The van der Waals surface area contributed by atoms with E-state index < -0.39 is 11.7 Å². The Balaban J connectivity index is 2.20. The van der Waals surface area contributed by atoms with Crippen molar-refractivity contribution < 1.29 is 23.4 Å². The molecule has 0 bridgehead atoms. The van der Waals surface area contributed by atoms with Crippen LogP contribution in [0, 0.1) is 5.82 Å². The minimum Gasteiger partial charge on any atom is -0.493 e. The second-order valence-electron chi connectivity index (χ2n) is 4.88. The van der Waals surface area contributed by atoms with Crippen LogP contribution >= 0.6 is 11.6 Å². The summed E-state index contributed by atoms with van der Waals surface area (Å²) in [7, 11) is 4.52. The van der Waals surface area contributed by atoms with Crippen molar-refractivity contribution in [1.29, 1.82) is 0 Å². The Morgan fingerprint density at radius 3 is 2.40 bits per heavy atom. The number of carbonyl (C=O) groups excluding carboxylic acids is 1. The normalized spacial score (nSPS) is 10.6. The van der Waals surface area contributed by atoms with Crippen LogP contribution in [0.25, 0.3) is 6.08 Å². The van der Waals surface area contributed by atoms with Gasteiger partial charge in [0, 0.05) is 17.3 Å². The zero-order chi connectivity index (χ0) is 18.4. The first-order valence-electron chi connectivity index (χ1n) is 7.23. The van der Waals surface area contributed by atoms with E-state index in [9.17, 15) is 9.18 Å². The average molecular weight is 366 g/mol. The van der Waals surface area contributed by atoms with Crippen LogP contribution in [0.4, 0.5) is 10.1 Å². The van der Waals surface area contributed by atoms with Crippen molar-refractivity contribution in [2.45, 2.75) is 0 Å². The molecule has 0 fully saturated rings. The fraction of sp³-hybridized carbons (Fsp3) is 0.167. The molecular formula is C18H17ClFNO4. The molecule has 0 atom stereocenters. The molecule has 2 aromatic carbocycles. The highest BCUT2D eigenvalue weighted by molar-refractivity contribution is 6.31. The molecule has 25 heavy (non-hydrogen) atoms. The van der Waals surface area contributed by atoms with Crippen LogP contribution in [-0.2, 0) is 4.79 Å². The van der Waals surface area contributed by atoms with Gasteiger partial charge in [0.1, 0.15) is 5.82 Å². The number of nitrogens with one attached hydrogen (secondary N) is 1. The van der Waals surface area contributed by atoms with E-state index >= 15 is 0 Å². The van der Waals surface area contributed by atoms with E-state index in [2.05, 4.69) is 5.32 Å². The molecule has 1 N–H and O–H groups in total. The van der Waals surface area contributed by atoms with E-state index in [0.29, 0.717) is 28.5 Å². The van der Waals surface area contributed by atoms with Crippen LogP contribution in [-0.4, -0.2) is 27.2 Å². The van der Waals surface area contributed by atoms with Gasteiger partial charge >= 0.3 is 0 Å². The quantitative estimate of drug-likeness (QED) is 0.781. The summed E-state index contributed by atoms with van der Waals surface area (Å²) < 4.78 is 29.0. The lowest BCUT2D eigenvalue weighted by atomic mass is 10.1. The van der Waals surface area contributed by atoms with E-state index in [1.54, 1.807) is 18.2 Å². The number of rotatable bonds is 6. The Kier molecular flexibility index (Phi) is 6.25. The van der Waals surface area contributed by atoms with E-state index in [1.165, 1.54) is 45.6 Å². The Labute approximate surface area is 150 Å². The van der Waals surface area contributed by atoms with Crippen molar-refractivity contribution in [3.05, 3.63) is 52.8 Å². The summed E-state index contributed by atoms with van der Waals surface area (Å²) in [4.78, 5) is 12.0. The third-order valence-electron chi connectivity index (χ3n) is 3.34. The molecule has 0 spiro atoms. The largest absolute Gasteiger partial charge is 0.493 e. The average Bonchev–Trinajstić information content (AvgIpc) is 2.61. The summed E-state index contributed by atoms with van der Waals surface area (Å²) >= 11 is 5.69. The lowest BCUT2D eigenvalue weighted by molar-refractivity contribution is -0.111. The second kappa shape index (κ2) is 8.39. The van der Waals surface area contributed by atoms with E-state index in [-0.39, 0.29) is 5.02 Å². The minimum absolute atomic E-state index is 0.0664. The molecule has 0 heterocycles. The Hall–Kier alpha value is -2.73. The zero-order valence-electron chi connectivity index (χ0n) is 13.9. The monoisotopic (exact) mass is 365 g/mol. The van der Waals surface area contributed by atoms with E-state index in [1.807, 2.05) is 0 Å². The van der Waals surface area contributed by atoms with Crippen LogP contribution in [0.2, 0.25) is 5.02 Å². The summed E-state index contributed by atoms with van der Waals surface area (Å²) in [5.74, 6) is 0.431. The molecule has 0 aliphatic carbocycles. The molecule has 5 nitrogen and oxygen atoms in total. The number of benzene rings is 2. The number of carbonyl (C=O) groups is 1. The van der Waals surface area contributed by atoms with Crippen molar-refractivity contribution in [1.82, 2.24) is 0 Å². The maximum atomic E-state index is 13.1. The maximum absolute atomic E-state index is 13.1. The van der Waals surface area contributed by atoms with Gasteiger partial charge in [-0.2, -0.15) is 0 Å². The molecule has 132 valence electrons. The molecule has 0 aromatic heterocycles. The molecular weight excluding hydrogens is 349 g/mol. The second-order valence-corrected chi connectivity index (χ2v) is 5.28. The highest BCUT2D eigenvalue weighted by atomic mass is 35.5. The fourth-order valence-corrected chi connectivity index (χ4v) is 2.36. The molecule has 2 aromatic rings. The lowest BCUT2D eigenvalue weighted by Gasteiger charge is -2.14. The maximum Gasteiger partial charge on any atom is 0.248 e. The molecule has 0 aliphatic heterocycles. The minimum atomic E-state index is -0.551. The molecule has 2 rings (SSSR count). The first kappa shape index (κ1) is 18.6. The first-order chi connectivity index (χ1) is 12.0. The summed E-state index contributed by atoms with van der Waals surface area (Å²) in [6, 6.07) is 7.37. The van der Waals surface area contributed by atoms with Crippen LogP contribution in [0.1, 0.15) is 5.56 Å². The van der Waals surface area contributed by atoms with Gasteiger partial charge in [0.15, 0.2) is 11.5 Å². The van der Waals surface area contributed by atoms with Crippen molar-refractivity contribution in [3.8, 4) is 17.2 Å². The van der Waals surface area contributed by atoms with Crippen LogP contribution in [0.15, 0.2) is 36.4 Å². The van der Waals surface area contributed by atoms with Crippen molar-refractivity contribution in [2.24, 2.45) is 0 Å². The van der Waals surface area contributed by atoms with Gasteiger partial charge in [-0.15, -0.1) is 0 Å². The van der Waals surface area contributed by atoms with Crippen LogP contribution < -0.4 is 19.5 Å². The van der Waals surface area contributed by atoms with Gasteiger partial charge in [-0.3, -0.25) is 4.79 Å². The summed E-state index contributed by atoms with van der Waals surface area (Å²) in [5, 5.41) is 2.53. The molecule has 1 amide bonds. The van der Waals surface area contributed by atoms with Crippen molar-refractivity contribution >= 4 is 29.3 Å². The number of methoxy groups -OCH3 is 3. The number of anilines is 1. The molecule has 7 heteroatoms. The Morgan fingerprint density at radius 1 is 1.08 bits per heavy atom. The predicted molar refractivity (Wildman–Crippen MR) is 95.2 cm³/mol. The topological polar surface area (TPSA) is 56.8 Å². The van der Waals surface area contributed by atoms with Gasteiger partial charge in [0.05, 0.1) is 26.4 Å². The number of hydrogen-bond acceptors (Lipinski definition) is 4. The molecule has 0 saturated heterocycles. The number of hydrogen-bond donors (Lipinski definition) is 1. The smallest absolute Gasteiger partial charge is 0.248 e. The third-order valence-corrected chi connectivity index (χ3v) is 3.63. The fourth-order valence-electron chi connectivity index (χ4n) is 2.18. The third kappa shape index (κ3) is 4.42. The molecule has 0 aliphatic rings. The standard InChI is InChI=1S/C18H17ClFNO4/c1-23-15-8-4-11(17(24-2)18(15)25-3)5-9-16(22)21-12-6-7-14(20)13(19)10-12/h4-10H,1-3H3,(H,21,22)/b9-5-. The number of halogens is 2. The van der Waals surface area contributed by atoms with Gasteiger partial charge in [0.2, 0.25) is 11.7 Å². The predicted octanol–water partition coefficient (Wildman–Crippen LogP) is 4.16. The van der Waals surface area contributed by atoms with E-state index in [4.69, 9.17) is 25.8 Å². The van der Waals surface area contributed by atoms with Gasteiger partial charge in [0.25, 0.3) is 0 Å². The van der Waals surface area contributed by atoms with Crippen LogP contribution in [0.5, 0.6) is 17.2 Å². The van der Waals surface area contributed by atoms with Crippen molar-refractivity contribution in [3.63, 3.8) is 0 Å². The highest BCUT2D eigenvalue weighted by Gasteiger charge is 2.14. The first-order valence-corrected chi connectivity index (χ1v) is 7.61. The summed E-state index contributed by atoms with van der Waals surface area (Å²) in [6.07, 6.45) is 2.89. The van der Waals surface area contributed by atoms with Gasteiger partial charge in [-0.25, -0.2) is 4.39 Å². The molecule has 0 saturated carbocycles. The SMILES string of the molecule is COc1ccc(/C=C\C(=O)Nc2ccc(F)c(Cl)c2)c(OC)c1OC. The van der Waals surface area contributed by atoms with Gasteiger partial charge in [-0.05, 0) is 36.4 Å². The number of ether oxygens (including phenoxy) is 3. The van der Waals surface area contributed by atoms with Crippen molar-refractivity contribution in [2.75, 3.05) is 26.6 Å². The number of amides is 1. The van der Waals surface area contributed by atoms with Crippen LogP contribution in [0.3, 0.4) is 0 Å². The lowest BCUT2D eigenvalue weighted by Crippen LogP contribution is -2.07. The Bertz CT molecular complexity index is 808. The van der Waals surface area contributed by atoms with E-state index in [0.717, 1.165) is 0 Å². The highest BCUT2D eigenvalue weighted by Crippen LogP contribution is 2.40. The van der Waals surface area contributed by atoms with Gasteiger partial charge < -0.3 is 19.5 Å². The summed E-state index contributed by atoms with van der Waals surface area (Å²) in [5.41, 5.74) is 1.02. The molecule has 0 unspecified atom stereocenters. The zero-order valence-corrected chi connectivity index (χ0v) is 14.7. The molecule has 0 radical (unpaired) electrons. The Morgan fingerprint density at radius 2 is 1.80 bits per heavy atom. The summed E-state index contributed by atoms with van der Waals surface area (Å²) in [6.45, 7) is 0.